The van der Waals surface area contributed by atoms with Gasteiger partial charge in [-0.15, -0.1) is 0 Å². The minimum Gasteiger partial charge on any atom is -0.365 e. The van der Waals surface area contributed by atoms with Crippen LogP contribution in [0.5, 0.6) is 0 Å². The van der Waals surface area contributed by atoms with Crippen LogP contribution in [-0.4, -0.2) is 66.9 Å². The lowest BCUT2D eigenvalue weighted by molar-refractivity contribution is 0.293. The van der Waals surface area contributed by atoms with Crippen molar-refractivity contribution in [2.45, 2.75) is 18.5 Å². The van der Waals surface area contributed by atoms with Gasteiger partial charge >= 0.3 is 0 Å². The molecule has 0 spiro atoms. The number of benzene rings is 2. The molecule has 8 nitrogen and oxygen atoms in total. The molecule has 6 heterocycles. The van der Waals surface area contributed by atoms with Crippen LogP contribution in [0.1, 0.15) is 6.42 Å². The average molecular weight is 499 g/mol. The Balaban J connectivity index is 1.38. The van der Waals surface area contributed by atoms with Crippen LogP contribution >= 0.6 is 0 Å². The van der Waals surface area contributed by atoms with E-state index in [1.807, 2.05) is 53.6 Å². The number of rotatable bonds is 4. The summed E-state index contributed by atoms with van der Waals surface area (Å²) in [6, 6.07) is 22.2. The first-order valence-corrected chi connectivity index (χ1v) is 13.0. The molecule has 0 unspecified atom stereocenters. The molecule has 8 rings (SSSR count). The molecule has 2 bridgehead atoms. The van der Waals surface area contributed by atoms with E-state index >= 15 is 0 Å². The highest BCUT2D eigenvalue weighted by atomic mass is 15.3. The highest BCUT2D eigenvalue weighted by molar-refractivity contribution is 6.03. The molecular weight excluding hydrogens is 472 g/mol. The lowest BCUT2D eigenvalue weighted by Gasteiger charge is -2.34. The first-order valence-electron chi connectivity index (χ1n) is 13.0. The van der Waals surface area contributed by atoms with Crippen molar-refractivity contribution in [3.63, 3.8) is 0 Å². The molecule has 0 amide bonds. The van der Waals surface area contributed by atoms with Gasteiger partial charge in [0.15, 0.2) is 5.65 Å². The minimum absolute atomic E-state index is 0.544. The number of likely N-dealkylation sites (tertiary alicyclic amines) is 1. The molecule has 0 radical (unpaired) electrons. The summed E-state index contributed by atoms with van der Waals surface area (Å²) in [5.41, 5.74) is 9.19. The third-order valence-electron chi connectivity index (χ3n) is 8.23. The van der Waals surface area contributed by atoms with E-state index in [0.717, 1.165) is 57.7 Å². The van der Waals surface area contributed by atoms with Crippen molar-refractivity contribution >= 4 is 22.2 Å². The number of H-pyrrole nitrogens is 1. The summed E-state index contributed by atoms with van der Waals surface area (Å²) in [6.07, 6.45) is 8.63. The van der Waals surface area contributed by atoms with Gasteiger partial charge in [0.2, 0.25) is 0 Å². The molecule has 186 valence electrons. The molecule has 2 fully saturated rings. The van der Waals surface area contributed by atoms with Gasteiger partial charge in [-0.1, -0.05) is 30.3 Å². The highest BCUT2D eigenvalue weighted by Gasteiger charge is 2.42. The number of hydrogen-bond donors (Lipinski definition) is 1. The second kappa shape index (κ2) is 8.22. The summed E-state index contributed by atoms with van der Waals surface area (Å²) in [4.78, 5) is 14.2. The second-order valence-corrected chi connectivity index (χ2v) is 10.3. The number of fused-ring (bicyclic) bond motifs is 4. The van der Waals surface area contributed by atoms with Gasteiger partial charge in [-0.3, -0.25) is 15.0 Å². The van der Waals surface area contributed by atoms with Crippen LogP contribution in [0.25, 0.3) is 50.2 Å². The summed E-state index contributed by atoms with van der Waals surface area (Å²) < 4.78 is 2.02. The van der Waals surface area contributed by atoms with E-state index in [1.165, 1.54) is 17.7 Å². The van der Waals surface area contributed by atoms with Crippen LogP contribution in [-0.2, 0) is 0 Å². The number of pyridine rings is 1. The van der Waals surface area contributed by atoms with E-state index in [4.69, 9.17) is 10.1 Å². The number of aromatic nitrogens is 6. The third-order valence-corrected chi connectivity index (χ3v) is 8.23. The Labute approximate surface area is 219 Å². The molecular formula is C30H26N8. The van der Waals surface area contributed by atoms with Crippen LogP contribution in [0, 0.1) is 0 Å². The van der Waals surface area contributed by atoms with Gasteiger partial charge in [-0.05, 0) is 49.4 Å². The van der Waals surface area contributed by atoms with Crippen LogP contribution in [0.15, 0.2) is 85.5 Å². The van der Waals surface area contributed by atoms with Gasteiger partial charge in [-0.2, -0.15) is 10.2 Å². The number of anilines is 1. The Kier molecular flexibility index (Phi) is 4.66. The predicted molar refractivity (Wildman–Crippen MR) is 149 cm³/mol. The molecule has 2 aliphatic rings. The first kappa shape index (κ1) is 21.5. The van der Waals surface area contributed by atoms with E-state index < -0.39 is 0 Å². The van der Waals surface area contributed by atoms with Crippen molar-refractivity contribution in [2.75, 3.05) is 25.0 Å². The van der Waals surface area contributed by atoms with Crippen LogP contribution in [0.4, 0.5) is 5.69 Å². The van der Waals surface area contributed by atoms with Crippen LogP contribution < -0.4 is 4.90 Å². The average Bonchev–Trinajstić information content (AvgIpc) is 3.75. The SMILES string of the molecule is CN1C[C@@H]2C[C@H]1CN2c1ccccc1-c1ccnc2c(-c3cccc4[nH]ncc34)c(-c3ccncc3)nn12. The summed E-state index contributed by atoms with van der Waals surface area (Å²) in [5, 5.41) is 13.7. The van der Waals surface area contributed by atoms with Crippen molar-refractivity contribution in [1.29, 1.82) is 0 Å². The smallest absolute Gasteiger partial charge is 0.164 e. The van der Waals surface area contributed by atoms with E-state index in [0.29, 0.717) is 12.1 Å². The maximum absolute atomic E-state index is 5.22. The van der Waals surface area contributed by atoms with Crippen molar-refractivity contribution in [3.05, 3.63) is 85.5 Å². The Morgan fingerprint density at radius 2 is 1.74 bits per heavy atom. The van der Waals surface area contributed by atoms with Gasteiger partial charge in [0, 0.05) is 66.0 Å². The standard InChI is InChI=1S/C30H26N8/c1-36-17-21-15-20(36)18-37(21)26-8-3-2-5-23(26)27-11-14-32-30-28(22-6-4-7-25-24(22)16-33-34-25)29(35-38(27)30)19-9-12-31-13-10-19/h2-14,16,20-21H,15,17-18H2,1H3,(H,33,34)/t20-,21-/m0/s1. The monoisotopic (exact) mass is 498 g/mol. The van der Waals surface area contributed by atoms with Crippen LogP contribution in [0.2, 0.25) is 0 Å². The van der Waals surface area contributed by atoms with Crippen LogP contribution in [0.3, 0.4) is 0 Å². The zero-order valence-electron chi connectivity index (χ0n) is 21.0. The number of para-hydroxylation sites is 1. The molecule has 2 saturated heterocycles. The predicted octanol–water partition coefficient (Wildman–Crippen LogP) is 4.89. The Morgan fingerprint density at radius 3 is 2.58 bits per heavy atom. The molecule has 0 aliphatic carbocycles. The Bertz CT molecular complexity index is 1800. The minimum atomic E-state index is 0.544. The molecule has 2 aliphatic heterocycles. The van der Waals surface area contributed by atoms with Gasteiger partial charge in [0.1, 0.15) is 5.69 Å². The zero-order chi connectivity index (χ0) is 25.2. The first-order chi connectivity index (χ1) is 18.8. The van der Waals surface area contributed by atoms with Crippen molar-refractivity contribution < 1.29 is 0 Å². The van der Waals surface area contributed by atoms with Gasteiger partial charge in [0.05, 0.1) is 23.0 Å². The van der Waals surface area contributed by atoms with Gasteiger partial charge < -0.3 is 4.90 Å². The molecule has 2 atom stereocenters. The fourth-order valence-electron chi connectivity index (χ4n) is 6.40. The van der Waals surface area contributed by atoms with E-state index in [1.54, 1.807) is 0 Å². The maximum atomic E-state index is 5.22. The second-order valence-electron chi connectivity index (χ2n) is 10.3. The Hall–Kier alpha value is -4.56. The number of piperazine rings is 1. The number of nitrogens with zero attached hydrogens (tertiary/aromatic N) is 7. The van der Waals surface area contributed by atoms with E-state index in [2.05, 4.69) is 68.4 Å². The van der Waals surface area contributed by atoms with Crippen molar-refractivity contribution in [1.82, 2.24) is 34.7 Å². The number of aromatic amines is 1. The summed E-state index contributed by atoms with van der Waals surface area (Å²) in [6.45, 7) is 2.17. The summed E-state index contributed by atoms with van der Waals surface area (Å²) in [7, 11) is 2.24. The number of likely N-dealkylation sites (N-methyl/N-ethyl adjacent to an activating group) is 1. The fraction of sp³-hybridized carbons (Fsp3) is 0.200. The van der Waals surface area contributed by atoms with E-state index in [9.17, 15) is 0 Å². The zero-order valence-corrected chi connectivity index (χ0v) is 21.0. The quantitative estimate of drug-likeness (QED) is 0.373. The third kappa shape index (κ3) is 3.13. The molecule has 38 heavy (non-hydrogen) atoms. The van der Waals surface area contributed by atoms with Gasteiger partial charge in [-0.25, -0.2) is 9.50 Å². The largest absolute Gasteiger partial charge is 0.365 e. The molecule has 2 aromatic carbocycles. The maximum Gasteiger partial charge on any atom is 0.164 e. The molecule has 6 aromatic rings. The lowest BCUT2D eigenvalue weighted by Crippen LogP contribution is -2.44. The van der Waals surface area contributed by atoms with Crippen molar-refractivity contribution in [3.8, 4) is 33.6 Å². The normalized spacial score (nSPS) is 19.2. The summed E-state index contributed by atoms with van der Waals surface area (Å²) >= 11 is 0. The fourth-order valence-corrected chi connectivity index (χ4v) is 6.40. The lowest BCUT2D eigenvalue weighted by atomic mass is 9.99. The van der Waals surface area contributed by atoms with Crippen molar-refractivity contribution in [2.24, 2.45) is 0 Å². The molecule has 8 heteroatoms. The highest BCUT2D eigenvalue weighted by Crippen LogP contribution is 2.42. The summed E-state index contributed by atoms with van der Waals surface area (Å²) in [5.74, 6) is 0. The molecule has 4 aromatic heterocycles. The van der Waals surface area contributed by atoms with Gasteiger partial charge in [0.25, 0.3) is 0 Å². The topological polar surface area (TPSA) is 78.2 Å². The number of nitrogens with one attached hydrogen (secondary N) is 1. The molecule has 1 N–H and O–H groups in total. The molecule has 0 saturated carbocycles. The Morgan fingerprint density at radius 1 is 0.868 bits per heavy atom. The van der Waals surface area contributed by atoms with E-state index in [-0.39, 0.29) is 0 Å². The number of hydrogen-bond acceptors (Lipinski definition) is 6.